The van der Waals surface area contributed by atoms with E-state index in [2.05, 4.69) is 27.2 Å². The molecular weight excluding hydrogens is 375 g/mol. The Labute approximate surface area is 136 Å². The van der Waals surface area contributed by atoms with Crippen LogP contribution in [-0.2, 0) is 6.42 Å². The predicted octanol–water partition coefficient (Wildman–Crippen LogP) is 2.64. The molecule has 1 aromatic rings. The van der Waals surface area contributed by atoms with Crippen molar-refractivity contribution in [1.82, 2.24) is 15.6 Å². The maximum absolute atomic E-state index is 5.73. The number of hydrogen-bond acceptors (Lipinski definition) is 2. The highest BCUT2D eigenvalue weighted by Gasteiger charge is 1.96. The summed E-state index contributed by atoms with van der Waals surface area (Å²) >= 11 is 5.73. The summed E-state index contributed by atoms with van der Waals surface area (Å²) in [7, 11) is 0. The number of nitrogens with one attached hydrogen (secondary N) is 2. The molecule has 1 rings (SSSR count). The Kier molecular flexibility index (Phi) is 10.6. The van der Waals surface area contributed by atoms with E-state index in [4.69, 9.17) is 11.6 Å². The standard InChI is InChI=1S/C13H19ClN4.HI/c1-3-8-16-13(15-4-2)17-9-7-11-5-6-12(14)18-10-11;/h3,5-6,10H,1,4,7-9H2,2H3,(H2,15,16,17);1H. The minimum Gasteiger partial charge on any atom is -0.357 e. The van der Waals surface area contributed by atoms with E-state index < -0.39 is 0 Å². The average Bonchev–Trinajstić information content (AvgIpc) is 2.38. The van der Waals surface area contributed by atoms with E-state index in [1.807, 2.05) is 13.0 Å². The second kappa shape index (κ2) is 11.0. The molecule has 0 bridgehead atoms. The van der Waals surface area contributed by atoms with Gasteiger partial charge in [0.25, 0.3) is 0 Å². The Bertz CT molecular complexity index is 392. The van der Waals surface area contributed by atoms with Gasteiger partial charge in [-0.15, -0.1) is 30.6 Å². The van der Waals surface area contributed by atoms with Crippen LogP contribution in [0.15, 0.2) is 36.0 Å². The summed E-state index contributed by atoms with van der Waals surface area (Å²) < 4.78 is 0. The fraction of sp³-hybridized carbons (Fsp3) is 0.385. The third-order valence-corrected chi connectivity index (χ3v) is 2.44. The van der Waals surface area contributed by atoms with Crippen molar-refractivity contribution in [2.75, 3.05) is 19.6 Å². The van der Waals surface area contributed by atoms with Crippen molar-refractivity contribution in [3.8, 4) is 0 Å². The number of hydrogen-bond donors (Lipinski definition) is 2. The highest BCUT2D eigenvalue weighted by Crippen LogP contribution is 2.05. The van der Waals surface area contributed by atoms with Gasteiger partial charge < -0.3 is 10.6 Å². The Morgan fingerprint density at radius 1 is 1.47 bits per heavy atom. The largest absolute Gasteiger partial charge is 0.357 e. The maximum atomic E-state index is 5.73. The predicted molar refractivity (Wildman–Crippen MR) is 92.5 cm³/mol. The highest BCUT2D eigenvalue weighted by atomic mass is 127. The second-order valence-corrected chi connectivity index (χ2v) is 4.06. The number of rotatable bonds is 6. The third kappa shape index (κ3) is 8.05. The van der Waals surface area contributed by atoms with Crippen LogP contribution in [0.1, 0.15) is 12.5 Å². The molecule has 106 valence electrons. The van der Waals surface area contributed by atoms with Gasteiger partial charge in [-0.3, -0.25) is 4.99 Å². The molecule has 2 N–H and O–H groups in total. The van der Waals surface area contributed by atoms with Gasteiger partial charge in [0, 0.05) is 25.8 Å². The lowest BCUT2D eigenvalue weighted by Gasteiger charge is -2.09. The van der Waals surface area contributed by atoms with Crippen LogP contribution in [0.2, 0.25) is 5.15 Å². The number of guanidine groups is 1. The zero-order valence-electron chi connectivity index (χ0n) is 11.0. The number of aromatic nitrogens is 1. The molecular formula is C13H20ClIN4. The van der Waals surface area contributed by atoms with Crippen molar-refractivity contribution < 1.29 is 0 Å². The Balaban J connectivity index is 0.00000324. The first-order chi connectivity index (χ1) is 8.76. The molecule has 0 saturated carbocycles. The first kappa shape index (κ1) is 18.2. The monoisotopic (exact) mass is 394 g/mol. The minimum atomic E-state index is 0. The van der Waals surface area contributed by atoms with Gasteiger partial charge in [-0.2, -0.15) is 0 Å². The number of pyridine rings is 1. The fourth-order valence-electron chi connectivity index (χ4n) is 1.36. The molecule has 1 heterocycles. The van der Waals surface area contributed by atoms with Crippen molar-refractivity contribution in [1.29, 1.82) is 0 Å². The molecule has 0 aliphatic rings. The van der Waals surface area contributed by atoms with E-state index in [-0.39, 0.29) is 24.0 Å². The highest BCUT2D eigenvalue weighted by molar-refractivity contribution is 14.0. The fourth-order valence-corrected chi connectivity index (χ4v) is 1.47. The van der Waals surface area contributed by atoms with Crippen LogP contribution >= 0.6 is 35.6 Å². The van der Waals surface area contributed by atoms with Crippen LogP contribution in [0.3, 0.4) is 0 Å². The van der Waals surface area contributed by atoms with Crippen LogP contribution in [0.4, 0.5) is 0 Å². The van der Waals surface area contributed by atoms with Crippen molar-refractivity contribution in [3.63, 3.8) is 0 Å². The molecule has 19 heavy (non-hydrogen) atoms. The van der Waals surface area contributed by atoms with Crippen molar-refractivity contribution in [3.05, 3.63) is 41.7 Å². The summed E-state index contributed by atoms with van der Waals surface area (Å²) in [6.07, 6.45) is 4.42. The lowest BCUT2D eigenvalue weighted by Crippen LogP contribution is -2.37. The van der Waals surface area contributed by atoms with E-state index in [0.717, 1.165) is 24.5 Å². The van der Waals surface area contributed by atoms with E-state index in [1.54, 1.807) is 18.3 Å². The van der Waals surface area contributed by atoms with Gasteiger partial charge in [-0.05, 0) is 25.0 Å². The quantitative estimate of drug-likeness (QED) is 0.256. The number of aliphatic imine (C=N–C) groups is 1. The first-order valence-electron chi connectivity index (χ1n) is 5.99. The van der Waals surface area contributed by atoms with Gasteiger partial charge in [0.15, 0.2) is 5.96 Å². The van der Waals surface area contributed by atoms with Crippen LogP contribution in [0, 0.1) is 0 Å². The van der Waals surface area contributed by atoms with Crippen LogP contribution in [-0.4, -0.2) is 30.6 Å². The molecule has 0 saturated heterocycles. The summed E-state index contributed by atoms with van der Waals surface area (Å²) in [6.45, 7) is 7.94. The third-order valence-electron chi connectivity index (χ3n) is 2.22. The van der Waals surface area contributed by atoms with E-state index in [0.29, 0.717) is 18.2 Å². The molecule has 0 aromatic carbocycles. The van der Waals surface area contributed by atoms with Gasteiger partial charge in [-0.1, -0.05) is 23.7 Å². The minimum absolute atomic E-state index is 0. The van der Waals surface area contributed by atoms with Crippen LogP contribution < -0.4 is 10.6 Å². The number of nitrogens with zero attached hydrogens (tertiary/aromatic N) is 2. The van der Waals surface area contributed by atoms with Gasteiger partial charge in [0.05, 0.1) is 0 Å². The summed E-state index contributed by atoms with van der Waals surface area (Å²) in [5, 5.41) is 6.83. The lowest BCUT2D eigenvalue weighted by atomic mass is 10.2. The topological polar surface area (TPSA) is 49.3 Å². The van der Waals surface area contributed by atoms with Crippen molar-refractivity contribution in [2.24, 2.45) is 4.99 Å². The summed E-state index contributed by atoms with van der Waals surface area (Å²) in [4.78, 5) is 8.49. The van der Waals surface area contributed by atoms with E-state index >= 15 is 0 Å². The molecule has 0 fully saturated rings. The number of halogens is 2. The average molecular weight is 395 g/mol. The normalized spacial score (nSPS) is 10.5. The molecule has 4 nitrogen and oxygen atoms in total. The zero-order valence-corrected chi connectivity index (χ0v) is 14.1. The molecule has 0 amide bonds. The molecule has 1 aromatic heterocycles. The Hall–Kier alpha value is -0.820. The van der Waals surface area contributed by atoms with Gasteiger partial charge in [-0.25, -0.2) is 4.98 Å². The summed E-state index contributed by atoms with van der Waals surface area (Å²) in [6, 6.07) is 3.76. The van der Waals surface area contributed by atoms with Crippen LogP contribution in [0.5, 0.6) is 0 Å². The summed E-state index contributed by atoms with van der Waals surface area (Å²) in [5.41, 5.74) is 1.13. The van der Waals surface area contributed by atoms with Gasteiger partial charge in [0.1, 0.15) is 5.15 Å². The molecule has 0 unspecified atom stereocenters. The maximum Gasteiger partial charge on any atom is 0.191 e. The SMILES string of the molecule is C=CCNC(=NCCc1ccc(Cl)nc1)NCC.I. The van der Waals surface area contributed by atoms with Gasteiger partial charge in [0.2, 0.25) is 0 Å². The van der Waals surface area contributed by atoms with E-state index in [1.165, 1.54) is 0 Å². The lowest BCUT2D eigenvalue weighted by molar-refractivity contribution is 0.850. The van der Waals surface area contributed by atoms with Crippen molar-refractivity contribution >= 4 is 41.5 Å². The summed E-state index contributed by atoms with van der Waals surface area (Å²) in [5.74, 6) is 0.805. The Morgan fingerprint density at radius 2 is 2.26 bits per heavy atom. The smallest absolute Gasteiger partial charge is 0.191 e. The van der Waals surface area contributed by atoms with Crippen molar-refractivity contribution in [2.45, 2.75) is 13.3 Å². The first-order valence-corrected chi connectivity index (χ1v) is 6.37. The second-order valence-electron chi connectivity index (χ2n) is 3.67. The van der Waals surface area contributed by atoms with E-state index in [9.17, 15) is 0 Å². The zero-order chi connectivity index (χ0) is 13.2. The van der Waals surface area contributed by atoms with Crippen LogP contribution in [0.25, 0.3) is 0 Å². The molecule has 0 radical (unpaired) electrons. The molecule has 0 atom stereocenters. The molecule has 0 aliphatic heterocycles. The van der Waals surface area contributed by atoms with Gasteiger partial charge >= 0.3 is 0 Å². The molecule has 0 spiro atoms. The Morgan fingerprint density at radius 3 is 2.84 bits per heavy atom. The molecule has 6 heteroatoms. The molecule has 0 aliphatic carbocycles.